The van der Waals surface area contributed by atoms with Crippen molar-refractivity contribution >= 4 is 29.9 Å². The first-order valence-electron chi connectivity index (χ1n) is 10.5. The van der Waals surface area contributed by atoms with Crippen LogP contribution in [0.25, 0.3) is 0 Å². The summed E-state index contributed by atoms with van der Waals surface area (Å²) in [4.78, 5) is 32.2. The van der Waals surface area contributed by atoms with Crippen LogP contribution >= 0.6 is 12.4 Å². The van der Waals surface area contributed by atoms with Gasteiger partial charge in [-0.2, -0.15) is 0 Å². The SMILES string of the molecule is CC1(C)C(=O)N(CCCN2CCN(c3ccccc3)CC2)C(=O)c2ccccc21.Cl. The van der Waals surface area contributed by atoms with Gasteiger partial charge in [0.2, 0.25) is 5.91 Å². The molecular weight excluding hydrogens is 398 g/mol. The minimum Gasteiger partial charge on any atom is -0.369 e. The third-order valence-electron chi connectivity index (χ3n) is 6.21. The lowest BCUT2D eigenvalue weighted by Crippen LogP contribution is -2.52. The number of nitrogens with zero attached hydrogens (tertiary/aromatic N) is 3. The average molecular weight is 428 g/mol. The Morgan fingerprint density at radius 2 is 1.47 bits per heavy atom. The van der Waals surface area contributed by atoms with Gasteiger partial charge in [-0.05, 0) is 50.6 Å². The maximum Gasteiger partial charge on any atom is 0.260 e. The summed E-state index contributed by atoms with van der Waals surface area (Å²) < 4.78 is 0. The van der Waals surface area contributed by atoms with E-state index < -0.39 is 5.41 Å². The molecule has 2 aromatic rings. The number of carbonyl (C=O) groups excluding carboxylic acids is 2. The molecule has 0 saturated carbocycles. The first kappa shape index (κ1) is 22.3. The van der Waals surface area contributed by atoms with Crippen molar-refractivity contribution in [3.63, 3.8) is 0 Å². The van der Waals surface area contributed by atoms with Gasteiger partial charge in [-0.15, -0.1) is 12.4 Å². The Hall–Kier alpha value is -2.37. The van der Waals surface area contributed by atoms with Crippen LogP contribution in [-0.2, 0) is 10.2 Å². The van der Waals surface area contributed by atoms with Gasteiger partial charge in [0.1, 0.15) is 0 Å². The van der Waals surface area contributed by atoms with Gasteiger partial charge in [0.25, 0.3) is 5.91 Å². The molecule has 0 N–H and O–H groups in total. The molecule has 5 nitrogen and oxygen atoms in total. The third kappa shape index (κ3) is 4.23. The minimum atomic E-state index is -0.661. The Morgan fingerprint density at radius 1 is 0.833 bits per heavy atom. The summed E-state index contributed by atoms with van der Waals surface area (Å²) in [6, 6.07) is 18.0. The van der Waals surface area contributed by atoms with Crippen LogP contribution in [0.15, 0.2) is 54.6 Å². The van der Waals surface area contributed by atoms with Gasteiger partial charge in [-0.1, -0.05) is 36.4 Å². The highest BCUT2D eigenvalue weighted by atomic mass is 35.5. The van der Waals surface area contributed by atoms with E-state index in [2.05, 4.69) is 34.1 Å². The quantitative estimate of drug-likeness (QED) is 0.684. The summed E-state index contributed by atoms with van der Waals surface area (Å²) in [5.74, 6) is -0.242. The monoisotopic (exact) mass is 427 g/mol. The number of para-hydroxylation sites is 1. The molecule has 30 heavy (non-hydrogen) atoms. The number of fused-ring (bicyclic) bond motifs is 1. The van der Waals surface area contributed by atoms with Gasteiger partial charge in [0, 0.05) is 44.0 Å². The average Bonchev–Trinajstić information content (AvgIpc) is 2.76. The first-order chi connectivity index (χ1) is 14.0. The topological polar surface area (TPSA) is 43.9 Å². The van der Waals surface area contributed by atoms with Crippen molar-refractivity contribution in [1.29, 1.82) is 0 Å². The van der Waals surface area contributed by atoms with Crippen LogP contribution in [0.5, 0.6) is 0 Å². The first-order valence-corrected chi connectivity index (χ1v) is 10.5. The Labute approximate surface area is 185 Å². The van der Waals surface area contributed by atoms with Crippen LogP contribution in [0.2, 0.25) is 0 Å². The number of amides is 2. The minimum absolute atomic E-state index is 0. The van der Waals surface area contributed by atoms with Crippen molar-refractivity contribution in [2.75, 3.05) is 44.2 Å². The van der Waals surface area contributed by atoms with Gasteiger partial charge in [0.05, 0.1) is 5.41 Å². The number of halogens is 1. The zero-order valence-electron chi connectivity index (χ0n) is 17.7. The smallest absolute Gasteiger partial charge is 0.260 e. The predicted molar refractivity (Wildman–Crippen MR) is 122 cm³/mol. The van der Waals surface area contributed by atoms with Crippen molar-refractivity contribution in [2.24, 2.45) is 0 Å². The fourth-order valence-corrected chi connectivity index (χ4v) is 4.43. The van der Waals surface area contributed by atoms with Crippen LogP contribution in [0.4, 0.5) is 5.69 Å². The van der Waals surface area contributed by atoms with E-state index in [4.69, 9.17) is 0 Å². The summed E-state index contributed by atoms with van der Waals surface area (Å²) in [6.45, 7) is 9.23. The van der Waals surface area contributed by atoms with Crippen LogP contribution in [-0.4, -0.2) is 60.9 Å². The number of hydrogen-bond donors (Lipinski definition) is 0. The molecule has 2 aliphatic rings. The van der Waals surface area contributed by atoms with Crippen molar-refractivity contribution < 1.29 is 9.59 Å². The highest BCUT2D eigenvalue weighted by molar-refractivity contribution is 6.12. The lowest BCUT2D eigenvalue weighted by atomic mass is 9.77. The van der Waals surface area contributed by atoms with Crippen molar-refractivity contribution in [3.05, 3.63) is 65.7 Å². The lowest BCUT2D eigenvalue weighted by molar-refractivity contribution is -0.134. The highest BCUT2D eigenvalue weighted by Crippen LogP contribution is 2.34. The molecule has 2 amide bonds. The number of carbonyl (C=O) groups is 2. The molecule has 4 rings (SSSR count). The van der Waals surface area contributed by atoms with E-state index >= 15 is 0 Å². The summed E-state index contributed by atoms with van der Waals surface area (Å²) in [5, 5.41) is 0. The third-order valence-corrected chi connectivity index (χ3v) is 6.21. The molecule has 0 atom stereocenters. The normalized spacial score (nSPS) is 18.7. The highest BCUT2D eigenvalue weighted by Gasteiger charge is 2.43. The molecule has 0 aliphatic carbocycles. The molecule has 0 aromatic heterocycles. The zero-order valence-corrected chi connectivity index (χ0v) is 18.5. The number of imide groups is 1. The molecule has 1 saturated heterocycles. The summed E-state index contributed by atoms with van der Waals surface area (Å²) in [7, 11) is 0. The molecule has 2 aromatic carbocycles. The fourth-order valence-electron chi connectivity index (χ4n) is 4.43. The van der Waals surface area contributed by atoms with Gasteiger partial charge in [0.15, 0.2) is 0 Å². The molecule has 0 spiro atoms. The van der Waals surface area contributed by atoms with Crippen LogP contribution in [0, 0.1) is 0 Å². The van der Waals surface area contributed by atoms with Crippen molar-refractivity contribution in [3.8, 4) is 0 Å². The second-order valence-electron chi connectivity index (χ2n) is 8.45. The van der Waals surface area contributed by atoms with Crippen LogP contribution < -0.4 is 4.90 Å². The molecule has 2 heterocycles. The summed E-state index contributed by atoms with van der Waals surface area (Å²) in [6.07, 6.45) is 0.807. The van der Waals surface area contributed by atoms with Gasteiger partial charge in [-0.3, -0.25) is 19.4 Å². The van der Waals surface area contributed by atoms with E-state index in [9.17, 15) is 9.59 Å². The second-order valence-corrected chi connectivity index (χ2v) is 8.45. The second kappa shape index (κ2) is 9.19. The molecule has 160 valence electrons. The van der Waals surface area contributed by atoms with Crippen molar-refractivity contribution in [1.82, 2.24) is 9.80 Å². The Balaban J connectivity index is 0.00000256. The predicted octanol–water partition coefficient (Wildman–Crippen LogP) is 3.58. The maximum absolute atomic E-state index is 13.0. The molecular formula is C24H30ClN3O2. The van der Waals surface area contributed by atoms with Crippen molar-refractivity contribution in [2.45, 2.75) is 25.7 Å². The van der Waals surface area contributed by atoms with Crippen LogP contribution in [0.3, 0.4) is 0 Å². The van der Waals surface area contributed by atoms with Gasteiger partial charge in [-0.25, -0.2) is 0 Å². The number of anilines is 1. The largest absolute Gasteiger partial charge is 0.369 e. The maximum atomic E-state index is 13.0. The summed E-state index contributed by atoms with van der Waals surface area (Å²) in [5.41, 5.74) is 2.11. The molecule has 2 aliphatic heterocycles. The number of benzene rings is 2. The Kier molecular flexibility index (Phi) is 6.84. The number of hydrogen-bond acceptors (Lipinski definition) is 4. The molecule has 1 fully saturated rings. The molecule has 0 bridgehead atoms. The fraction of sp³-hybridized carbons (Fsp3) is 0.417. The molecule has 0 unspecified atom stereocenters. The molecule has 6 heteroatoms. The zero-order chi connectivity index (χ0) is 20.4. The van der Waals surface area contributed by atoms with Gasteiger partial charge < -0.3 is 4.90 Å². The standard InChI is InChI=1S/C24H29N3O2.ClH/c1-24(2)21-12-7-6-11-20(21)22(28)27(23(24)29)14-8-13-25-15-17-26(18-16-25)19-9-4-3-5-10-19;/h3-7,9-12H,8,13-18H2,1-2H3;1H. The van der Waals surface area contributed by atoms with Gasteiger partial charge >= 0.3 is 0 Å². The lowest BCUT2D eigenvalue weighted by Gasteiger charge is -2.38. The van der Waals surface area contributed by atoms with E-state index in [1.165, 1.54) is 10.6 Å². The van der Waals surface area contributed by atoms with E-state index in [1.807, 2.05) is 44.2 Å². The summed E-state index contributed by atoms with van der Waals surface area (Å²) >= 11 is 0. The van der Waals surface area contributed by atoms with E-state index in [1.54, 1.807) is 0 Å². The van der Waals surface area contributed by atoms with E-state index in [0.29, 0.717) is 12.1 Å². The van der Waals surface area contributed by atoms with Crippen LogP contribution in [0.1, 0.15) is 36.2 Å². The Bertz CT molecular complexity index is 892. The molecule has 0 radical (unpaired) electrons. The number of piperazine rings is 1. The Morgan fingerprint density at radius 3 is 2.17 bits per heavy atom. The van der Waals surface area contributed by atoms with E-state index in [-0.39, 0.29) is 24.2 Å². The van der Waals surface area contributed by atoms with E-state index in [0.717, 1.165) is 44.7 Å². The number of rotatable bonds is 5.